The second-order valence-electron chi connectivity index (χ2n) is 5.81. The number of aliphatic carboxylic acids is 1. The molecule has 0 bridgehead atoms. The lowest BCUT2D eigenvalue weighted by molar-refractivity contribution is -0.135. The zero-order valence-electron chi connectivity index (χ0n) is 13.9. The highest BCUT2D eigenvalue weighted by Gasteiger charge is 2.14. The van der Waals surface area contributed by atoms with Gasteiger partial charge in [0.1, 0.15) is 15.8 Å². The van der Waals surface area contributed by atoms with E-state index in [2.05, 4.69) is 9.97 Å². The monoisotopic (exact) mass is 396 g/mol. The molecule has 2 aromatic heterocycles. The van der Waals surface area contributed by atoms with Crippen LogP contribution >= 0.6 is 22.7 Å². The molecular formula is C20H13FN2O2S2. The van der Waals surface area contributed by atoms with E-state index >= 15 is 0 Å². The van der Waals surface area contributed by atoms with Gasteiger partial charge in [0.25, 0.3) is 0 Å². The third-order valence-corrected chi connectivity index (χ3v) is 5.87. The number of aromatic nitrogens is 2. The minimum absolute atomic E-state index is 0.136. The summed E-state index contributed by atoms with van der Waals surface area (Å²) in [5.74, 6) is -1.22. The molecule has 4 nitrogen and oxygen atoms in total. The number of carboxylic acid groups (broad SMARTS) is 1. The standard InChI is InChI=1S/C20H13FN2O2S2/c21-14-7-5-12(6-8-14)19-22-15(11-26-19)9-13(10-18(24)25)20-23-16-3-1-2-4-17(16)27-20/h1-9,11H,10H2,(H,24,25)/b13-9-. The average molecular weight is 396 g/mol. The summed E-state index contributed by atoms with van der Waals surface area (Å²) in [5.41, 5.74) is 2.94. The second kappa shape index (κ2) is 7.38. The molecule has 4 aromatic rings. The molecule has 2 aromatic carbocycles. The Bertz CT molecular complexity index is 1110. The van der Waals surface area contributed by atoms with Crippen LogP contribution in [0.5, 0.6) is 0 Å². The molecule has 0 saturated heterocycles. The molecule has 134 valence electrons. The molecule has 1 N–H and O–H groups in total. The first-order valence-electron chi connectivity index (χ1n) is 8.08. The lowest BCUT2D eigenvalue weighted by Gasteiger charge is -1.99. The summed E-state index contributed by atoms with van der Waals surface area (Å²) in [5, 5.41) is 12.6. The number of carbonyl (C=O) groups is 1. The van der Waals surface area contributed by atoms with E-state index in [0.717, 1.165) is 20.8 Å². The number of nitrogens with zero attached hydrogens (tertiary/aromatic N) is 2. The number of rotatable bonds is 5. The second-order valence-corrected chi connectivity index (χ2v) is 7.70. The Hall–Kier alpha value is -2.90. The number of hydrogen-bond acceptors (Lipinski definition) is 5. The van der Waals surface area contributed by atoms with E-state index in [0.29, 0.717) is 16.3 Å². The Morgan fingerprint density at radius 3 is 2.63 bits per heavy atom. The van der Waals surface area contributed by atoms with Crippen molar-refractivity contribution >= 4 is 50.5 Å². The largest absolute Gasteiger partial charge is 0.481 e. The van der Waals surface area contributed by atoms with Crippen LogP contribution in [0.15, 0.2) is 53.9 Å². The molecule has 27 heavy (non-hydrogen) atoms. The summed E-state index contributed by atoms with van der Waals surface area (Å²) in [4.78, 5) is 20.4. The van der Waals surface area contributed by atoms with Crippen LogP contribution in [0, 0.1) is 5.82 Å². The van der Waals surface area contributed by atoms with Crippen LogP contribution in [0.25, 0.3) is 32.4 Å². The van der Waals surface area contributed by atoms with Crippen molar-refractivity contribution < 1.29 is 14.3 Å². The van der Waals surface area contributed by atoms with Gasteiger partial charge < -0.3 is 5.11 Å². The van der Waals surface area contributed by atoms with Crippen molar-refractivity contribution in [1.29, 1.82) is 0 Å². The number of fused-ring (bicyclic) bond motifs is 1. The molecule has 0 radical (unpaired) electrons. The number of thiazole rings is 2. The maximum atomic E-state index is 13.1. The van der Waals surface area contributed by atoms with Crippen molar-refractivity contribution in [1.82, 2.24) is 9.97 Å². The van der Waals surface area contributed by atoms with Gasteiger partial charge in [-0.25, -0.2) is 14.4 Å². The minimum atomic E-state index is -0.922. The Morgan fingerprint density at radius 1 is 1.11 bits per heavy atom. The van der Waals surface area contributed by atoms with Crippen molar-refractivity contribution in [2.45, 2.75) is 6.42 Å². The number of benzene rings is 2. The molecule has 0 aliphatic carbocycles. The highest BCUT2D eigenvalue weighted by atomic mass is 32.1. The minimum Gasteiger partial charge on any atom is -0.481 e. The van der Waals surface area contributed by atoms with Gasteiger partial charge in [-0.1, -0.05) is 12.1 Å². The highest BCUT2D eigenvalue weighted by Crippen LogP contribution is 2.31. The fourth-order valence-electron chi connectivity index (χ4n) is 2.62. The van der Waals surface area contributed by atoms with Gasteiger partial charge in [0.2, 0.25) is 0 Å². The first-order valence-corrected chi connectivity index (χ1v) is 9.78. The van der Waals surface area contributed by atoms with Crippen LogP contribution in [0.3, 0.4) is 0 Å². The molecule has 0 fully saturated rings. The number of carboxylic acids is 1. The molecule has 0 unspecified atom stereocenters. The van der Waals surface area contributed by atoms with Gasteiger partial charge in [0, 0.05) is 16.5 Å². The molecule has 0 amide bonds. The summed E-state index contributed by atoms with van der Waals surface area (Å²) >= 11 is 2.89. The lowest BCUT2D eigenvalue weighted by Crippen LogP contribution is -1.97. The van der Waals surface area contributed by atoms with Gasteiger partial charge in [0.05, 0.1) is 22.3 Å². The van der Waals surface area contributed by atoms with Gasteiger partial charge in [-0.05, 0) is 42.5 Å². The van der Waals surface area contributed by atoms with Crippen LogP contribution < -0.4 is 0 Å². The average Bonchev–Trinajstić information content (AvgIpc) is 3.28. The summed E-state index contributed by atoms with van der Waals surface area (Å²) in [7, 11) is 0. The van der Waals surface area contributed by atoms with Gasteiger partial charge in [-0.2, -0.15) is 0 Å². The van der Waals surface area contributed by atoms with Gasteiger partial charge >= 0.3 is 5.97 Å². The van der Waals surface area contributed by atoms with E-state index in [1.807, 2.05) is 29.6 Å². The van der Waals surface area contributed by atoms with Crippen LogP contribution in [0.4, 0.5) is 4.39 Å². The van der Waals surface area contributed by atoms with Gasteiger partial charge in [-0.3, -0.25) is 4.79 Å². The van der Waals surface area contributed by atoms with Crippen LogP contribution in [0.1, 0.15) is 17.1 Å². The van der Waals surface area contributed by atoms with E-state index in [9.17, 15) is 14.3 Å². The smallest absolute Gasteiger partial charge is 0.307 e. The molecular weight excluding hydrogens is 383 g/mol. The Balaban J connectivity index is 1.71. The Morgan fingerprint density at radius 2 is 1.89 bits per heavy atom. The van der Waals surface area contributed by atoms with Crippen molar-refractivity contribution in [2.75, 3.05) is 0 Å². The van der Waals surface area contributed by atoms with E-state index in [-0.39, 0.29) is 12.2 Å². The van der Waals surface area contributed by atoms with E-state index < -0.39 is 5.97 Å². The highest BCUT2D eigenvalue weighted by molar-refractivity contribution is 7.19. The fraction of sp³-hybridized carbons (Fsp3) is 0.0500. The first-order chi connectivity index (χ1) is 13.1. The maximum Gasteiger partial charge on any atom is 0.307 e. The maximum absolute atomic E-state index is 13.1. The molecule has 0 saturated carbocycles. The van der Waals surface area contributed by atoms with Gasteiger partial charge in [0.15, 0.2) is 0 Å². The third kappa shape index (κ3) is 3.94. The normalized spacial score (nSPS) is 11.8. The lowest BCUT2D eigenvalue weighted by atomic mass is 10.1. The molecule has 4 rings (SSSR count). The third-order valence-electron chi connectivity index (χ3n) is 3.85. The zero-order chi connectivity index (χ0) is 18.8. The summed E-state index contributed by atoms with van der Waals surface area (Å²) < 4.78 is 14.1. The SMILES string of the molecule is O=C(O)C/C(=C/c1csc(-c2ccc(F)cc2)n1)c1nc2ccccc2s1. The van der Waals surface area contributed by atoms with E-state index in [4.69, 9.17) is 0 Å². The Kier molecular flexibility index (Phi) is 4.79. The quantitative estimate of drug-likeness (QED) is 0.479. The topological polar surface area (TPSA) is 63.1 Å². The van der Waals surface area contributed by atoms with E-state index in [1.54, 1.807) is 18.2 Å². The first kappa shape index (κ1) is 17.5. The van der Waals surface area contributed by atoms with Crippen molar-refractivity contribution in [3.8, 4) is 10.6 Å². The predicted molar refractivity (Wildman–Crippen MR) is 107 cm³/mol. The molecule has 0 spiro atoms. The molecule has 0 atom stereocenters. The molecule has 2 heterocycles. The zero-order valence-corrected chi connectivity index (χ0v) is 15.6. The summed E-state index contributed by atoms with van der Waals surface area (Å²) in [6.45, 7) is 0. The van der Waals surface area contributed by atoms with E-state index in [1.165, 1.54) is 34.8 Å². The summed E-state index contributed by atoms with van der Waals surface area (Å²) in [6, 6.07) is 13.8. The fourth-order valence-corrected chi connectivity index (χ4v) is 4.38. The van der Waals surface area contributed by atoms with Crippen molar-refractivity contribution in [2.24, 2.45) is 0 Å². The van der Waals surface area contributed by atoms with Crippen LogP contribution in [0.2, 0.25) is 0 Å². The molecule has 7 heteroatoms. The number of hydrogen-bond donors (Lipinski definition) is 1. The van der Waals surface area contributed by atoms with Crippen LogP contribution in [-0.4, -0.2) is 21.0 Å². The van der Waals surface area contributed by atoms with Crippen molar-refractivity contribution in [3.63, 3.8) is 0 Å². The van der Waals surface area contributed by atoms with Gasteiger partial charge in [-0.15, -0.1) is 22.7 Å². The molecule has 0 aliphatic heterocycles. The predicted octanol–water partition coefficient (Wildman–Crippen LogP) is 5.57. The van der Waals surface area contributed by atoms with Crippen LogP contribution in [-0.2, 0) is 4.79 Å². The summed E-state index contributed by atoms with van der Waals surface area (Å²) in [6.07, 6.45) is 1.62. The molecule has 0 aliphatic rings. The number of halogens is 1. The van der Waals surface area contributed by atoms with Crippen molar-refractivity contribution in [3.05, 3.63) is 70.4 Å². The number of para-hydroxylation sites is 1. The Labute approximate surface area is 162 Å².